The summed E-state index contributed by atoms with van der Waals surface area (Å²) in [5.41, 5.74) is 0.840. The SMILES string of the molecule is CCOC(=O)C[C@@H](Nc1ccc(OC)cc1)[C@@H](C(C)=O)C(C)C. The molecule has 0 aliphatic heterocycles. The largest absolute Gasteiger partial charge is 0.497 e. The zero-order valence-electron chi connectivity index (χ0n) is 14.6. The minimum Gasteiger partial charge on any atom is -0.497 e. The molecule has 0 saturated carbocycles. The number of rotatable bonds is 9. The normalized spacial score (nSPS) is 13.3. The maximum atomic E-state index is 12.0. The molecule has 0 saturated heterocycles. The lowest BCUT2D eigenvalue weighted by Gasteiger charge is -2.29. The van der Waals surface area contributed by atoms with Crippen LogP contribution >= 0.6 is 0 Å². The summed E-state index contributed by atoms with van der Waals surface area (Å²) >= 11 is 0. The van der Waals surface area contributed by atoms with E-state index in [1.54, 1.807) is 21.0 Å². The molecule has 0 fully saturated rings. The highest BCUT2D eigenvalue weighted by molar-refractivity contribution is 5.81. The van der Waals surface area contributed by atoms with Gasteiger partial charge in [-0.25, -0.2) is 0 Å². The number of ether oxygens (including phenoxy) is 2. The van der Waals surface area contributed by atoms with Gasteiger partial charge in [0.15, 0.2) is 0 Å². The summed E-state index contributed by atoms with van der Waals surface area (Å²) in [7, 11) is 1.61. The Balaban J connectivity index is 2.96. The molecule has 0 radical (unpaired) electrons. The number of methoxy groups -OCH3 is 1. The number of hydrogen-bond acceptors (Lipinski definition) is 5. The predicted octanol–water partition coefficient (Wildman–Crippen LogP) is 3.29. The van der Waals surface area contributed by atoms with Gasteiger partial charge in [-0.1, -0.05) is 13.8 Å². The van der Waals surface area contributed by atoms with Crippen molar-refractivity contribution < 1.29 is 19.1 Å². The first-order valence-electron chi connectivity index (χ1n) is 7.95. The fourth-order valence-electron chi connectivity index (χ4n) is 2.79. The predicted molar refractivity (Wildman–Crippen MR) is 90.7 cm³/mol. The Hall–Kier alpha value is -2.04. The van der Waals surface area contributed by atoms with Crippen molar-refractivity contribution in [3.05, 3.63) is 24.3 Å². The highest BCUT2D eigenvalue weighted by Crippen LogP contribution is 2.24. The number of hydrogen-bond donors (Lipinski definition) is 1. The van der Waals surface area contributed by atoms with Gasteiger partial charge < -0.3 is 14.8 Å². The summed E-state index contributed by atoms with van der Waals surface area (Å²) in [6, 6.07) is 7.10. The number of carbonyl (C=O) groups excluding carboxylic acids is 2. The maximum absolute atomic E-state index is 12.0. The average Bonchev–Trinajstić information content (AvgIpc) is 2.47. The van der Waals surface area contributed by atoms with E-state index in [-0.39, 0.29) is 36.1 Å². The van der Waals surface area contributed by atoms with Crippen LogP contribution < -0.4 is 10.1 Å². The molecule has 0 aliphatic carbocycles. The first-order chi connectivity index (χ1) is 10.9. The molecule has 1 aromatic carbocycles. The van der Waals surface area contributed by atoms with E-state index >= 15 is 0 Å². The van der Waals surface area contributed by atoms with Crippen molar-refractivity contribution >= 4 is 17.4 Å². The second-order valence-corrected chi connectivity index (χ2v) is 5.87. The number of ketones is 1. The molecule has 23 heavy (non-hydrogen) atoms. The van der Waals surface area contributed by atoms with E-state index in [2.05, 4.69) is 5.32 Å². The van der Waals surface area contributed by atoms with Crippen molar-refractivity contribution in [1.29, 1.82) is 0 Å². The molecule has 2 atom stereocenters. The van der Waals surface area contributed by atoms with Gasteiger partial charge in [0.2, 0.25) is 0 Å². The second kappa shape index (κ2) is 9.18. The molecule has 5 heteroatoms. The van der Waals surface area contributed by atoms with Gasteiger partial charge in [-0.15, -0.1) is 0 Å². The van der Waals surface area contributed by atoms with Crippen molar-refractivity contribution in [2.75, 3.05) is 19.0 Å². The molecule has 1 aromatic rings. The van der Waals surface area contributed by atoms with Crippen LogP contribution in [0.1, 0.15) is 34.1 Å². The van der Waals surface area contributed by atoms with Crippen molar-refractivity contribution in [1.82, 2.24) is 0 Å². The van der Waals surface area contributed by atoms with E-state index in [4.69, 9.17) is 9.47 Å². The zero-order valence-corrected chi connectivity index (χ0v) is 14.6. The number of esters is 1. The third-order valence-corrected chi connectivity index (χ3v) is 3.76. The number of carbonyl (C=O) groups is 2. The molecule has 5 nitrogen and oxygen atoms in total. The molecular weight excluding hydrogens is 294 g/mol. The summed E-state index contributed by atoms with van der Waals surface area (Å²) in [6.45, 7) is 7.65. The quantitative estimate of drug-likeness (QED) is 0.707. The van der Waals surface area contributed by atoms with Gasteiger partial charge >= 0.3 is 5.97 Å². The fraction of sp³-hybridized carbons (Fsp3) is 0.556. The molecule has 0 amide bonds. The van der Waals surface area contributed by atoms with Gasteiger partial charge in [0.25, 0.3) is 0 Å². The molecule has 128 valence electrons. The van der Waals surface area contributed by atoms with Crippen molar-refractivity contribution in [3.63, 3.8) is 0 Å². The third-order valence-electron chi connectivity index (χ3n) is 3.76. The van der Waals surface area contributed by atoms with Crippen molar-refractivity contribution in [3.8, 4) is 5.75 Å². The Kier molecular flexibility index (Phi) is 7.59. The van der Waals surface area contributed by atoms with E-state index in [1.165, 1.54) is 0 Å². The highest BCUT2D eigenvalue weighted by atomic mass is 16.5. The van der Waals surface area contributed by atoms with E-state index in [0.29, 0.717) is 6.61 Å². The summed E-state index contributed by atoms with van der Waals surface area (Å²) in [5.74, 6) is 0.379. The maximum Gasteiger partial charge on any atom is 0.307 e. The number of nitrogens with one attached hydrogen (secondary N) is 1. The lowest BCUT2D eigenvalue weighted by Crippen LogP contribution is -2.39. The lowest BCUT2D eigenvalue weighted by molar-refractivity contribution is -0.143. The Morgan fingerprint density at radius 3 is 2.22 bits per heavy atom. The molecule has 0 spiro atoms. The monoisotopic (exact) mass is 321 g/mol. The smallest absolute Gasteiger partial charge is 0.307 e. The van der Waals surface area contributed by atoms with Crippen LogP contribution in [0.25, 0.3) is 0 Å². The van der Waals surface area contributed by atoms with Gasteiger partial charge in [0.05, 0.1) is 20.1 Å². The van der Waals surface area contributed by atoms with Crippen LogP contribution in [0.2, 0.25) is 0 Å². The highest BCUT2D eigenvalue weighted by Gasteiger charge is 2.30. The van der Waals surface area contributed by atoms with E-state index in [9.17, 15) is 9.59 Å². The zero-order chi connectivity index (χ0) is 17.4. The molecule has 0 bridgehead atoms. The molecule has 0 aliphatic rings. The summed E-state index contributed by atoms with van der Waals surface area (Å²) in [5, 5.41) is 3.31. The Morgan fingerprint density at radius 2 is 1.78 bits per heavy atom. The van der Waals surface area contributed by atoms with Crippen LogP contribution in [0.15, 0.2) is 24.3 Å². The number of Topliss-reactive ketones (excluding diaryl/α,β-unsaturated/α-hetero) is 1. The van der Waals surface area contributed by atoms with Gasteiger partial charge in [-0.2, -0.15) is 0 Å². The number of anilines is 1. The Morgan fingerprint density at radius 1 is 1.17 bits per heavy atom. The van der Waals surface area contributed by atoms with Crippen molar-refractivity contribution in [2.24, 2.45) is 11.8 Å². The fourth-order valence-corrected chi connectivity index (χ4v) is 2.79. The summed E-state index contributed by atoms with van der Waals surface area (Å²) in [6.07, 6.45) is 0.155. The summed E-state index contributed by atoms with van der Waals surface area (Å²) in [4.78, 5) is 23.9. The lowest BCUT2D eigenvalue weighted by atomic mass is 9.83. The van der Waals surface area contributed by atoms with Gasteiger partial charge in [-0.3, -0.25) is 9.59 Å². The van der Waals surface area contributed by atoms with Gasteiger partial charge in [-0.05, 0) is 44.0 Å². The van der Waals surface area contributed by atoms with Crippen LogP contribution in [0, 0.1) is 11.8 Å². The first kappa shape index (κ1) is 19.0. The van der Waals surface area contributed by atoms with Crippen LogP contribution in [0.5, 0.6) is 5.75 Å². The Bertz CT molecular complexity index is 510. The Labute approximate surface area is 138 Å². The number of benzene rings is 1. The van der Waals surface area contributed by atoms with E-state index in [1.807, 2.05) is 38.1 Å². The first-order valence-corrected chi connectivity index (χ1v) is 7.95. The van der Waals surface area contributed by atoms with E-state index in [0.717, 1.165) is 11.4 Å². The minimum atomic E-state index is -0.306. The van der Waals surface area contributed by atoms with Crippen molar-refractivity contribution in [2.45, 2.75) is 40.2 Å². The van der Waals surface area contributed by atoms with Gasteiger partial charge in [0, 0.05) is 17.6 Å². The average molecular weight is 321 g/mol. The van der Waals surface area contributed by atoms with Crippen LogP contribution in [0.3, 0.4) is 0 Å². The third kappa shape index (κ3) is 5.93. The topological polar surface area (TPSA) is 64.6 Å². The molecular formula is C18H27NO4. The van der Waals surface area contributed by atoms with Gasteiger partial charge in [0.1, 0.15) is 11.5 Å². The van der Waals surface area contributed by atoms with Crippen LogP contribution in [-0.2, 0) is 14.3 Å². The second-order valence-electron chi connectivity index (χ2n) is 5.87. The molecule has 1 rings (SSSR count). The van der Waals surface area contributed by atoms with E-state index < -0.39 is 0 Å². The standard InChI is InChI=1S/C18H27NO4/c1-6-23-17(21)11-16(18(12(2)3)13(4)20)19-14-7-9-15(22-5)10-8-14/h7-10,12,16,18-19H,6,11H2,1-5H3/t16-,18-/m1/s1. The molecule has 0 unspecified atom stereocenters. The molecule has 0 aromatic heterocycles. The molecule has 1 N–H and O–H groups in total. The minimum absolute atomic E-state index is 0.0651. The molecule has 0 heterocycles. The van der Waals surface area contributed by atoms with Crippen LogP contribution in [-0.4, -0.2) is 31.5 Å². The summed E-state index contributed by atoms with van der Waals surface area (Å²) < 4.78 is 10.2. The van der Waals surface area contributed by atoms with Crippen LogP contribution in [0.4, 0.5) is 5.69 Å².